The molecule has 2 aromatic rings. The highest BCUT2D eigenvalue weighted by Crippen LogP contribution is 2.19. The van der Waals surface area contributed by atoms with Crippen molar-refractivity contribution < 1.29 is 14.3 Å². The van der Waals surface area contributed by atoms with Gasteiger partial charge in [0.1, 0.15) is 11.5 Å². The van der Waals surface area contributed by atoms with E-state index in [0.717, 1.165) is 18.6 Å². The van der Waals surface area contributed by atoms with Gasteiger partial charge in [-0.25, -0.2) is 0 Å². The van der Waals surface area contributed by atoms with Crippen LogP contribution < -0.4 is 14.8 Å². The highest BCUT2D eigenvalue weighted by molar-refractivity contribution is 6.30. The van der Waals surface area contributed by atoms with Crippen molar-refractivity contribution in [1.82, 2.24) is 5.32 Å². The molecular weight excluding hydrogens is 362 g/mol. The van der Waals surface area contributed by atoms with Crippen molar-refractivity contribution in [3.8, 4) is 11.5 Å². The average Bonchev–Trinajstić information content (AvgIpc) is 2.63. The second-order valence-corrected chi connectivity index (χ2v) is 7.12. The van der Waals surface area contributed by atoms with E-state index >= 15 is 0 Å². The minimum atomic E-state index is -0.522. The Morgan fingerprint density at radius 2 is 1.78 bits per heavy atom. The molecule has 0 heterocycles. The van der Waals surface area contributed by atoms with Gasteiger partial charge in [0, 0.05) is 11.6 Å². The summed E-state index contributed by atoms with van der Waals surface area (Å²) in [6, 6.07) is 15.2. The van der Waals surface area contributed by atoms with Gasteiger partial charge in [-0.05, 0) is 69.0 Å². The first kappa shape index (κ1) is 21.1. The second kappa shape index (κ2) is 10.8. The van der Waals surface area contributed by atoms with Crippen LogP contribution in [-0.4, -0.2) is 24.7 Å². The molecule has 0 radical (unpaired) electrons. The average molecular weight is 390 g/mol. The maximum atomic E-state index is 12.4. The molecule has 2 aromatic carbocycles. The second-order valence-electron chi connectivity index (χ2n) is 6.68. The van der Waals surface area contributed by atoms with Gasteiger partial charge in [-0.15, -0.1) is 0 Å². The molecular formula is C22H28ClNO3. The fourth-order valence-corrected chi connectivity index (χ4v) is 2.87. The van der Waals surface area contributed by atoms with E-state index in [-0.39, 0.29) is 12.0 Å². The molecule has 27 heavy (non-hydrogen) atoms. The molecule has 0 aliphatic carbocycles. The minimum Gasteiger partial charge on any atom is -0.491 e. The van der Waals surface area contributed by atoms with E-state index in [4.69, 9.17) is 21.1 Å². The smallest absolute Gasteiger partial charge is 0.261 e. The van der Waals surface area contributed by atoms with Gasteiger partial charge in [-0.2, -0.15) is 0 Å². The fraction of sp³-hybridized carbons (Fsp3) is 0.409. The van der Waals surface area contributed by atoms with Crippen LogP contribution in [0.1, 0.15) is 39.2 Å². The number of hydrogen-bond acceptors (Lipinski definition) is 3. The number of nitrogens with one attached hydrogen (secondary N) is 1. The molecule has 0 bridgehead atoms. The van der Waals surface area contributed by atoms with Crippen LogP contribution in [0, 0.1) is 0 Å². The molecule has 0 spiro atoms. The first-order valence-corrected chi connectivity index (χ1v) is 9.81. The summed E-state index contributed by atoms with van der Waals surface area (Å²) >= 11 is 5.96. The van der Waals surface area contributed by atoms with E-state index < -0.39 is 6.10 Å². The summed E-state index contributed by atoms with van der Waals surface area (Å²) in [6.45, 7) is 6.55. The summed E-state index contributed by atoms with van der Waals surface area (Å²) < 4.78 is 11.5. The van der Waals surface area contributed by atoms with Crippen molar-refractivity contribution in [1.29, 1.82) is 0 Å². The normalized spacial score (nSPS) is 11.9. The van der Waals surface area contributed by atoms with E-state index in [1.54, 1.807) is 24.3 Å². The number of amides is 1. The highest BCUT2D eigenvalue weighted by Gasteiger charge is 2.17. The summed E-state index contributed by atoms with van der Waals surface area (Å²) in [5, 5.41) is 3.55. The third-order valence-corrected chi connectivity index (χ3v) is 4.18. The molecule has 0 unspecified atom stereocenters. The van der Waals surface area contributed by atoms with Gasteiger partial charge in [-0.3, -0.25) is 4.79 Å². The van der Waals surface area contributed by atoms with E-state index in [9.17, 15) is 4.79 Å². The SMILES string of the molecule is CC[C@@H](Oc1cccc(Cl)c1)C(=O)NCCCc1cccc(OC(C)C)c1. The molecule has 0 aromatic heterocycles. The van der Waals surface area contributed by atoms with Gasteiger partial charge in [-0.1, -0.05) is 36.7 Å². The largest absolute Gasteiger partial charge is 0.491 e. The van der Waals surface area contributed by atoms with Gasteiger partial charge < -0.3 is 14.8 Å². The summed E-state index contributed by atoms with van der Waals surface area (Å²) in [7, 11) is 0. The molecule has 146 valence electrons. The fourth-order valence-electron chi connectivity index (χ4n) is 2.69. The lowest BCUT2D eigenvalue weighted by molar-refractivity contribution is -0.128. The van der Waals surface area contributed by atoms with E-state index in [0.29, 0.717) is 23.7 Å². The number of carbonyl (C=O) groups is 1. The number of rotatable bonds is 10. The van der Waals surface area contributed by atoms with E-state index in [1.165, 1.54) is 5.56 Å². The lowest BCUT2D eigenvalue weighted by Gasteiger charge is -2.17. The summed E-state index contributed by atoms with van der Waals surface area (Å²) in [4.78, 5) is 12.4. The lowest BCUT2D eigenvalue weighted by Crippen LogP contribution is -2.38. The Balaban J connectivity index is 1.77. The zero-order chi connectivity index (χ0) is 19.6. The van der Waals surface area contributed by atoms with Gasteiger partial charge in [0.25, 0.3) is 5.91 Å². The first-order valence-electron chi connectivity index (χ1n) is 9.43. The van der Waals surface area contributed by atoms with Crippen LogP contribution in [-0.2, 0) is 11.2 Å². The predicted molar refractivity (Wildman–Crippen MR) is 110 cm³/mol. The van der Waals surface area contributed by atoms with Crippen molar-refractivity contribution in [2.45, 2.75) is 52.2 Å². The van der Waals surface area contributed by atoms with Gasteiger partial charge in [0.15, 0.2) is 6.10 Å². The first-order chi connectivity index (χ1) is 13.0. The summed E-state index contributed by atoms with van der Waals surface area (Å²) in [5.74, 6) is 1.38. The third kappa shape index (κ3) is 7.51. The van der Waals surface area contributed by atoms with E-state index in [2.05, 4.69) is 17.4 Å². The number of halogens is 1. The maximum absolute atomic E-state index is 12.4. The molecule has 0 saturated heterocycles. The molecule has 0 aliphatic heterocycles. The Morgan fingerprint density at radius 1 is 1.07 bits per heavy atom. The standard InChI is InChI=1S/C22H28ClNO3/c1-4-21(27-20-12-6-10-18(23)15-20)22(25)24-13-7-9-17-8-5-11-19(14-17)26-16(2)3/h5-6,8,10-12,14-16,21H,4,7,9,13H2,1-3H3,(H,24,25)/t21-/m1/s1. The Morgan fingerprint density at radius 3 is 2.44 bits per heavy atom. The van der Waals surface area contributed by atoms with Crippen LogP contribution >= 0.6 is 11.6 Å². The number of carbonyl (C=O) groups excluding carboxylic acids is 1. The van der Waals surface area contributed by atoms with Crippen molar-refractivity contribution >= 4 is 17.5 Å². The summed E-state index contributed by atoms with van der Waals surface area (Å²) in [6.07, 6.45) is 1.95. The van der Waals surface area contributed by atoms with Crippen LogP contribution in [0.25, 0.3) is 0 Å². The molecule has 1 amide bonds. The monoisotopic (exact) mass is 389 g/mol. The zero-order valence-electron chi connectivity index (χ0n) is 16.2. The predicted octanol–water partition coefficient (Wildman–Crippen LogP) is 5.03. The van der Waals surface area contributed by atoms with Gasteiger partial charge in [0.2, 0.25) is 0 Å². The molecule has 4 nitrogen and oxygen atoms in total. The zero-order valence-corrected chi connectivity index (χ0v) is 17.0. The minimum absolute atomic E-state index is 0.102. The Hall–Kier alpha value is -2.20. The van der Waals surface area contributed by atoms with E-state index in [1.807, 2.05) is 32.9 Å². The quantitative estimate of drug-likeness (QED) is 0.579. The Labute approximate surface area is 166 Å². The van der Waals surface area contributed by atoms with Crippen LogP contribution in [0.15, 0.2) is 48.5 Å². The van der Waals surface area contributed by atoms with Crippen molar-refractivity contribution in [2.75, 3.05) is 6.54 Å². The Bertz CT molecular complexity index is 733. The van der Waals surface area contributed by atoms with Crippen molar-refractivity contribution in [2.24, 2.45) is 0 Å². The lowest BCUT2D eigenvalue weighted by atomic mass is 10.1. The Kier molecular flexibility index (Phi) is 8.46. The van der Waals surface area contributed by atoms with Crippen molar-refractivity contribution in [3.05, 3.63) is 59.1 Å². The number of ether oxygens (including phenoxy) is 2. The molecule has 0 aliphatic rings. The number of hydrogen-bond donors (Lipinski definition) is 1. The molecule has 0 saturated carbocycles. The van der Waals surface area contributed by atoms with Gasteiger partial charge in [0.05, 0.1) is 6.10 Å². The highest BCUT2D eigenvalue weighted by atomic mass is 35.5. The molecule has 5 heteroatoms. The molecule has 2 rings (SSSR count). The van der Waals surface area contributed by atoms with Crippen LogP contribution in [0.3, 0.4) is 0 Å². The molecule has 1 N–H and O–H groups in total. The number of benzene rings is 2. The third-order valence-electron chi connectivity index (χ3n) is 3.95. The van der Waals surface area contributed by atoms with Gasteiger partial charge >= 0.3 is 0 Å². The topological polar surface area (TPSA) is 47.6 Å². The van der Waals surface area contributed by atoms with Crippen LogP contribution in [0.4, 0.5) is 0 Å². The van der Waals surface area contributed by atoms with Crippen LogP contribution in [0.5, 0.6) is 11.5 Å². The number of aryl methyl sites for hydroxylation is 1. The maximum Gasteiger partial charge on any atom is 0.261 e. The van der Waals surface area contributed by atoms with Crippen molar-refractivity contribution in [3.63, 3.8) is 0 Å². The molecule has 1 atom stereocenters. The van der Waals surface area contributed by atoms with Crippen LogP contribution in [0.2, 0.25) is 5.02 Å². The summed E-state index contributed by atoms with van der Waals surface area (Å²) in [5.41, 5.74) is 1.20. The molecule has 0 fully saturated rings.